The number of benzene rings is 2. The van der Waals surface area contributed by atoms with Crippen LogP contribution in [0.3, 0.4) is 0 Å². The van der Waals surface area contributed by atoms with Gasteiger partial charge in [0.2, 0.25) is 0 Å². The summed E-state index contributed by atoms with van der Waals surface area (Å²) in [6, 6.07) is 18.3. The number of carbonyl (C=O) groups excluding carboxylic acids is 1. The average molecular weight is 365 g/mol. The van der Waals surface area contributed by atoms with Gasteiger partial charge in [-0.25, -0.2) is 4.79 Å². The highest BCUT2D eigenvalue weighted by atomic mass is 16.5. The highest BCUT2D eigenvalue weighted by molar-refractivity contribution is 6.05. The van der Waals surface area contributed by atoms with Gasteiger partial charge in [-0.05, 0) is 23.3 Å². The quantitative estimate of drug-likeness (QED) is 0.461. The minimum absolute atomic E-state index is 0.0121. The number of aliphatic hydroxyl groups is 1. The van der Waals surface area contributed by atoms with Gasteiger partial charge in [0.1, 0.15) is 17.4 Å². The summed E-state index contributed by atoms with van der Waals surface area (Å²) in [4.78, 5) is 12.6. The highest BCUT2D eigenvalue weighted by Gasteiger charge is 2.24. The van der Waals surface area contributed by atoms with Crippen LogP contribution in [0.15, 0.2) is 60.2 Å². The summed E-state index contributed by atoms with van der Waals surface area (Å²) in [6.07, 6.45) is 0. The molecule has 0 saturated carbocycles. The van der Waals surface area contributed by atoms with Crippen molar-refractivity contribution < 1.29 is 19.4 Å². The molecule has 140 valence electrons. The molecule has 0 aliphatic heterocycles. The monoisotopic (exact) mass is 365 g/mol. The molecule has 0 heterocycles. The van der Waals surface area contributed by atoms with E-state index >= 15 is 0 Å². The first-order chi connectivity index (χ1) is 12.9. The summed E-state index contributed by atoms with van der Waals surface area (Å²) in [5.74, 6) is -0.0364. The fourth-order valence-corrected chi connectivity index (χ4v) is 2.40. The van der Waals surface area contributed by atoms with E-state index in [1.807, 2.05) is 36.4 Å². The highest BCUT2D eigenvalue weighted by Crippen LogP contribution is 2.29. The van der Waals surface area contributed by atoms with E-state index in [1.165, 1.54) is 0 Å². The lowest BCUT2D eigenvalue weighted by Gasteiger charge is -2.21. The van der Waals surface area contributed by atoms with E-state index in [4.69, 9.17) is 9.47 Å². The zero-order valence-corrected chi connectivity index (χ0v) is 15.7. The van der Waals surface area contributed by atoms with Gasteiger partial charge in [0.15, 0.2) is 0 Å². The van der Waals surface area contributed by atoms with Gasteiger partial charge in [-0.3, -0.25) is 0 Å². The van der Waals surface area contributed by atoms with E-state index in [1.54, 1.807) is 45.2 Å². The van der Waals surface area contributed by atoms with Gasteiger partial charge in [0.25, 0.3) is 0 Å². The number of hydrogen-bond donors (Lipinski definition) is 1. The van der Waals surface area contributed by atoms with Crippen LogP contribution in [0.4, 0.5) is 0 Å². The normalized spacial score (nSPS) is 12.0. The van der Waals surface area contributed by atoms with Crippen LogP contribution in [0.2, 0.25) is 0 Å². The predicted molar refractivity (Wildman–Crippen MR) is 103 cm³/mol. The number of esters is 1. The summed E-state index contributed by atoms with van der Waals surface area (Å²) in [7, 11) is 1.57. The Kier molecular flexibility index (Phi) is 6.75. The van der Waals surface area contributed by atoms with Gasteiger partial charge >= 0.3 is 5.97 Å². The molecule has 5 heteroatoms. The third kappa shape index (κ3) is 5.19. The fourth-order valence-electron chi connectivity index (χ4n) is 2.40. The van der Waals surface area contributed by atoms with E-state index < -0.39 is 11.4 Å². The number of nitriles is 1. The summed E-state index contributed by atoms with van der Waals surface area (Å²) in [5.41, 5.74) is 1.27. The largest absolute Gasteiger partial charge is 0.497 e. The Morgan fingerprint density at radius 1 is 1.07 bits per heavy atom. The van der Waals surface area contributed by atoms with Gasteiger partial charge in [-0.2, -0.15) is 5.26 Å². The van der Waals surface area contributed by atoms with Crippen molar-refractivity contribution in [2.24, 2.45) is 5.41 Å². The average Bonchev–Trinajstić information content (AvgIpc) is 2.71. The number of rotatable bonds is 7. The van der Waals surface area contributed by atoms with Crippen molar-refractivity contribution in [3.8, 4) is 11.8 Å². The van der Waals surface area contributed by atoms with Crippen molar-refractivity contribution in [2.75, 3.05) is 20.3 Å². The van der Waals surface area contributed by atoms with Crippen LogP contribution in [0, 0.1) is 16.7 Å². The Morgan fingerprint density at radius 3 is 2.19 bits per heavy atom. The van der Waals surface area contributed by atoms with Crippen LogP contribution in [-0.2, 0) is 9.53 Å². The molecule has 0 saturated heterocycles. The standard InChI is InChI=1S/C22H23NO4/c1-22(2,14-24)15-27-21(25)19(13-23)20(16-7-5-4-6-8-16)17-9-11-18(26-3)12-10-17/h4-12,24H,14-15H2,1-3H3/b20-19+. The Hall–Kier alpha value is -3.10. The minimum atomic E-state index is -0.714. The molecule has 2 aromatic rings. The maximum Gasteiger partial charge on any atom is 0.349 e. The van der Waals surface area contributed by atoms with Crippen LogP contribution >= 0.6 is 0 Å². The minimum Gasteiger partial charge on any atom is -0.497 e. The van der Waals surface area contributed by atoms with Crippen molar-refractivity contribution >= 4 is 11.5 Å². The number of nitrogens with zero attached hydrogens (tertiary/aromatic N) is 1. The first-order valence-electron chi connectivity index (χ1n) is 8.54. The SMILES string of the molecule is COc1ccc(/C(=C(\C#N)C(=O)OCC(C)(C)CO)c2ccccc2)cc1. The number of aliphatic hydroxyl groups excluding tert-OH is 1. The molecule has 0 bridgehead atoms. The molecule has 27 heavy (non-hydrogen) atoms. The Labute approximate surface area is 159 Å². The van der Waals surface area contributed by atoms with E-state index in [-0.39, 0.29) is 18.8 Å². The number of carbonyl (C=O) groups is 1. The second kappa shape index (κ2) is 9.02. The topological polar surface area (TPSA) is 79.5 Å². The van der Waals surface area contributed by atoms with Crippen LogP contribution in [0.25, 0.3) is 5.57 Å². The molecular weight excluding hydrogens is 342 g/mol. The lowest BCUT2D eigenvalue weighted by atomic mass is 9.93. The molecule has 0 fully saturated rings. The van der Waals surface area contributed by atoms with E-state index in [0.717, 1.165) is 5.56 Å². The molecule has 1 N–H and O–H groups in total. The molecule has 0 amide bonds. The molecule has 0 spiro atoms. The summed E-state index contributed by atoms with van der Waals surface area (Å²) < 4.78 is 10.5. The van der Waals surface area contributed by atoms with Crippen molar-refractivity contribution in [3.05, 3.63) is 71.3 Å². The van der Waals surface area contributed by atoms with Gasteiger partial charge in [0.05, 0.1) is 20.3 Å². The van der Waals surface area contributed by atoms with Crippen LogP contribution < -0.4 is 4.74 Å². The fraction of sp³-hybridized carbons (Fsp3) is 0.273. The van der Waals surface area contributed by atoms with E-state index in [2.05, 4.69) is 0 Å². The Balaban J connectivity index is 2.51. The maximum atomic E-state index is 12.6. The molecular formula is C22H23NO4. The molecule has 0 unspecified atom stereocenters. The van der Waals surface area contributed by atoms with Crippen molar-refractivity contribution in [1.82, 2.24) is 0 Å². The summed E-state index contributed by atoms with van der Waals surface area (Å²) in [5, 5.41) is 19.0. The Bertz CT molecular complexity index is 846. The van der Waals surface area contributed by atoms with E-state index in [9.17, 15) is 15.2 Å². The zero-order chi connectivity index (χ0) is 19.9. The van der Waals surface area contributed by atoms with Crippen molar-refractivity contribution in [1.29, 1.82) is 5.26 Å². The molecule has 0 aliphatic rings. The maximum absolute atomic E-state index is 12.6. The van der Waals surface area contributed by atoms with E-state index in [0.29, 0.717) is 16.9 Å². The molecule has 0 atom stereocenters. The van der Waals surface area contributed by atoms with Crippen LogP contribution in [0.1, 0.15) is 25.0 Å². The van der Waals surface area contributed by atoms with Gasteiger partial charge in [0, 0.05) is 11.0 Å². The van der Waals surface area contributed by atoms with Gasteiger partial charge < -0.3 is 14.6 Å². The molecule has 0 aromatic heterocycles. The second-order valence-electron chi connectivity index (χ2n) is 6.85. The van der Waals surface area contributed by atoms with Gasteiger partial charge in [-0.15, -0.1) is 0 Å². The summed E-state index contributed by atoms with van der Waals surface area (Å²) in [6.45, 7) is 3.43. The Morgan fingerprint density at radius 2 is 1.67 bits per heavy atom. The van der Waals surface area contributed by atoms with Crippen molar-refractivity contribution in [3.63, 3.8) is 0 Å². The smallest absolute Gasteiger partial charge is 0.349 e. The number of hydrogen-bond acceptors (Lipinski definition) is 5. The van der Waals surface area contributed by atoms with Crippen LogP contribution in [0.5, 0.6) is 5.75 Å². The third-order valence-corrected chi connectivity index (χ3v) is 4.03. The van der Waals surface area contributed by atoms with Crippen LogP contribution in [-0.4, -0.2) is 31.4 Å². The van der Waals surface area contributed by atoms with Gasteiger partial charge in [-0.1, -0.05) is 56.3 Å². The zero-order valence-electron chi connectivity index (χ0n) is 15.7. The molecule has 5 nitrogen and oxygen atoms in total. The lowest BCUT2D eigenvalue weighted by Crippen LogP contribution is -2.26. The molecule has 2 rings (SSSR count). The molecule has 2 aromatic carbocycles. The second-order valence-corrected chi connectivity index (χ2v) is 6.85. The first-order valence-corrected chi connectivity index (χ1v) is 8.54. The third-order valence-electron chi connectivity index (χ3n) is 4.03. The number of methoxy groups -OCH3 is 1. The van der Waals surface area contributed by atoms with Crippen molar-refractivity contribution in [2.45, 2.75) is 13.8 Å². The molecule has 0 aliphatic carbocycles. The number of ether oxygens (including phenoxy) is 2. The predicted octanol–water partition coefficient (Wildman–Crippen LogP) is 3.58. The lowest BCUT2D eigenvalue weighted by molar-refractivity contribution is -0.142. The first kappa shape index (κ1) is 20.2. The summed E-state index contributed by atoms with van der Waals surface area (Å²) >= 11 is 0. The molecule has 0 radical (unpaired) electrons.